The van der Waals surface area contributed by atoms with Gasteiger partial charge in [0, 0.05) is 6.61 Å². The van der Waals surface area contributed by atoms with Crippen LogP contribution in [0.2, 0.25) is 0 Å². The van der Waals surface area contributed by atoms with Crippen molar-refractivity contribution < 1.29 is 28.4 Å². The largest absolute Gasteiger partial charge is 0.790 e. The molecule has 0 aliphatic carbocycles. The Morgan fingerprint density at radius 2 is 1.25 bits per heavy atom. The van der Waals surface area contributed by atoms with E-state index in [9.17, 15) is 19.1 Å². The first kappa shape index (κ1) is 23.7. The number of Topliss-reactive ketones (excluding diaryl/α,β-unsaturated/α-hetero) is 1. The molecule has 0 saturated carbocycles. The maximum atomic E-state index is 11.2. The van der Waals surface area contributed by atoms with Gasteiger partial charge < -0.3 is 23.6 Å². The summed E-state index contributed by atoms with van der Waals surface area (Å²) < 4.78 is 19.2. The topological polar surface area (TPSA) is 98.7 Å². The third-order valence-corrected chi connectivity index (χ3v) is 4.23. The summed E-state index contributed by atoms with van der Waals surface area (Å²) in [6.07, 6.45) is 15.1. The van der Waals surface area contributed by atoms with E-state index in [0.29, 0.717) is 6.61 Å². The molecule has 0 aromatic heterocycles. The maximum absolute atomic E-state index is 11.2. The zero-order chi connectivity index (χ0) is 18.1. The van der Waals surface area contributed by atoms with Crippen molar-refractivity contribution >= 4 is 13.6 Å². The Morgan fingerprint density at radius 1 is 0.792 bits per heavy atom. The van der Waals surface area contributed by atoms with Gasteiger partial charge in [0.15, 0.2) is 5.78 Å². The van der Waals surface area contributed by atoms with Gasteiger partial charge in [0.05, 0.1) is 7.82 Å². The molecule has 7 heteroatoms. The lowest BCUT2D eigenvalue weighted by atomic mass is 10.1. The van der Waals surface area contributed by atoms with E-state index in [4.69, 9.17) is 4.74 Å². The fourth-order valence-electron chi connectivity index (χ4n) is 2.42. The van der Waals surface area contributed by atoms with E-state index in [2.05, 4.69) is 11.4 Å². The average Bonchev–Trinajstić information content (AvgIpc) is 2.52. The van der Waals surface area contributed by atoms with Crippen molar-refractivity contribution in [3.05, 3.63) is 0 Å². The van der Waals surface area contributed by atoms with Gasteiger partial charge in [0.2, 0.25) is 0 Å². The molecule has 0 N–H and O–H groups in total. The third kappa shape index (κ3) is 19.8. The zero-order valence-electron chi connectivity index (χ0n) is 15.0. The highest BCUT2D eigenvalue weighted by Crippen LogP contribution is 2.23. The van der Waals surface area contributed by atoms with Crippen LogP contribution in [0.25, 0.3) is 0 Å². The Labute approximate surface area is 146 Å². The number of ketones is 1. The molecule has 0 fully saturated rings. The molecule has 0 aromatic rings. The molecular weight excluding hydrogens is 331 g/mol. The number of hydrogen-bond donors (Lipinski definition) is 0. The van der Waals surface area contributed by atoms with E-state index >= 15 is 0 Å². The second-order valence-electron chi connectivity index (χ2n) is 6.20. The predicted octanol–water partition coefficient (Wildman–Crippen LogP) is 3.12. The number of unbranched alkanes of at least 4 members (excludes halogenated alkanes) is 11. The average molecular weight is 364 g/mol. The van der Waals surface area contributed by atoms with Crippen LogP contribution in [0.5, 0.6) is 0 Å². The number of carbonyl (C=O) groups excluding carboxylic acids is 1. The minimum Gasteiger partial charge on any atom is -0.790 e. The number of phosphoric ester groups is 1. The van der Waals surface area contributed by atoms with Crippen molar-refractivity contribution in [1.29, 1.82) is 0 Å². The molecule has 0 rings (SSSR count). The molecule has 0 unspecified atom stereocenters. The summed E-state index contributed by atoms with van der Waals surface area (Å²) in [6.45, 7) is 1.76. The Bertz CT molecular complexity index is 342. The van der Waals surface area contributed by atoms with Gasteiger partial charge in [-0.1, -0.05) is 77.6 Å². The van der Waals surface area contributed by atoms with Crippen LogP contribution >= 0.6 is 7.82 Å². The monoisotopic (exact) mass is 364 g/mol. The second-order valence-corrected chi connectivity index (χ2v) is 7.35. The summed E-state index contributed by atoms with van der Waals surface area (Å²) >= 11 is 0. The molecular formula is C17H33O6P-2. The van der Waals surface area contributed by atoms with Crippen molar-refractivity contribution in [2.45, 2.75) is 84.0 Å². The number of rotatable bonds is 18. The van der Waals surface area contributed by atoms with Crippen LogP contribution in [0.3, 0.4) is 0 Å². The molecule has 0 saturated heterocycles. The number of phosphoric acid groups is 1. The summed E-state index contributed by atoms with van der Waals surface area (Å²) in [6, 6.07) is 0. The summed E-state index contributed by atoms with van der Waals surface area (Å²) in [5.74, 6) is -0.541. The number of carbonyl (C=O) groups is 1. The molecule has 0 bridgehead atoms. The van der Waals surface area contributed by atoms with Gasteiger partial charge in [-0.05, 0) is 6.42 Å². The fraction of sp³-hybridized carbons (Fsp3) is 0.941. The normalized spacial score (nSPS) is 11.8. The van der Waals surface area contributed by atoms with Crippen LogP contribution in [0.1, 0.15) is 84.0 Å². The first-order chi connectivity index (χ1) is 11.5. The Morgan fingerprint density at radius 3 is 1.71 bits per heavy atom. The van der Waals surface area contributed by atoms with E-state index in [0.717, 1.165) is 12.8 Å². The summed E-state index contributed by atoms with van der Waals surface area (Å²) in [4.78, 5) is 31.5. The molecule has 0 aliphatic rings. The zero-order valence-corrected chi connectivity index (χ0v) is 15.9. The van der Waals surface area contributed by atoms with Crippen LogP contribution in [0, 0.1) is 0 Å². The first-order valence-electron chi connectivity index (χ1n) is 9.21. The standard InChI is InChI=1S/C17H35O6P/c1-2-3-4-5-6-7-8-9-10-11-12-13-14-22-15-17(18)16-23-24(19,20)21/h2-16H2,1H3,(H2,19,20,21)/p-2. The minimum atomic E-state index is -5.07. The van der Waals surface area contributed by atoms with Crippen molar-refractivity contribution in [2.24, 2.45) is 0 Å². The predicted molar refractivity (Wildman–Crippen MR) is 90.5 cm³/mol. The molecule has 0 heterocycles. The molecule has 0 radical (unpaired) electrons. The van der Waals surface area contributed by atoms with Crippen LogP contribution in [-0.2, 0) is 18.6 Å². The van der Waals surface area contributed by atoms with Gasteiger partial charge in [-0.15, -0.1) is 0 Å². The molecule has 0 aliphatic heterocycles. The highest BCUT2D eigenvalue weighted by atomic mass is 31.2. The Hall–Kier alpha value is -0.260. The van der Waals surface area contributed by atoms with Gasteiger partial charge in [-0.25, -0.2) is 0 Å². The van der Waals surface area contributed by atoms with Crippen LogP contribution in [0.4, 0.5) is 0 Å². The summed E-state index contributed by atoms with van der Waals surface area (Å²) in [7, 11) is -5.07. The van der Waals surface area contributed by atoms with Crippen LogP contribution < -0.4 is 9.79 Å². The van der Waals surface area contributed by atoms with E-state index in [-0.39, 0.29) is 6.61 Å². The molecule has 0 amide bonds. The number of hydrogen-bond acceptors (Lipinski definition) is 6. The van der Waals surface area contributed by atoms with Gasteiger partial charge in [-0.3, -0.25) is 4.79 Å². The number of ether oxygens (including phenoxy) is 1. The van der Waals surface area contributed by atoms with Crippen molar-refractivity contribution in [3.63, 3.8) is 0 Å². The van der Waals surface area contributed by atoms with Crippen molar-refractivity contribution in [2.75, 3.05) is 19.8 Å². The van der Waals surface area contributed by atoms with Crippen molar-refractivity contribution in [1.82, 2.24) is 0 Å². The molecule has 0 spiro atoms. The molecule has 0 atom stereocenters. The molecule has 6 nitrogen and oxygen atoms in total. The second kappa shape index (κ2) is 16.2. The quantitative estimate of drug-likeness (QED) is 0.274. The summed E-state index contributed by atoms with van der Waals surface area (Å²) in [5, 5.41) is 0. The van der Waals surface area contributed by atoms with E-state index in [1.165, 1.54) is 64.2 Å². The van der Waals surface area contributed by atoms with Gasteiger partial charge >= 0.3 is 0 Å². The lowest BCUT2D eigenvalue weighted by Gasteiger charge is -2.27. The van der Waals surface area contributed by atoms with Crippen LogP contribution in [-0.4, -0.2) is 25.6 Å². The Balaban J connectivity index is 3.17. The van der Waals surface area contributed by atoms with Gasteiger partial charge in [-0.2, -0.15) is 0 Å². The Kier molecular flexibility index (Phi) is 16.0. The van der Waals surface area contributed by atoms with Crippen LogP contribution in [0.15, 0.2) is 0 Å². The molecule has 24 heavy (non-hydrogen) atoms. The summed E-state index contributed by atoms with van der Waals surface area (Å²) in [5.41, 5.74) is 0. The van der Waals surface area contributed by atoms with Gasteiger partial charge in [0.25, 0.3) is 0 Å². The van der Waals surface area contributed by atoms with E-state index < -0.39 is 20.2 Å². The maximum Gasteiger partial charge on any atom is 0.184 e. The smallest absolute Gasteiger partial charge is 0.184 e. The molecule has 0 aromatic carbocycles. The van der Waals surface area contributed by atoms with Gasteiger partial charge in [0.1, 0.15) is 13.2 Å². The lowest BCUT2D eigenvalue weighted by molar-refractivity contribution is -0.341. The minimum absolute atomic E-state index is 0.210. The highest BCUT2D eigenvalue weighted by Gasteiger charge is 2.03. The third-order valence-electron chi connectivity index (χ3n) is 3.79. The van der Waals surface area contributed by atoms with Crippen molar-refractivity contribution in [3.8, 4) is 0 Å². The SMILES string of the molecule is CCCCCCCCCCCCCCOCC(=O)COP(=O)([O-])[O-]. The highest BCUT2D eigenvalue weighted by molar-refractivity contribution is 7.43. The first-order valence-corrected chi connectivity index (χ1v) is 10.7. The fourth-order valence-corrected chi connectivity index (χ4v) is 2.73. The molecule has 144 valence electrons. The van der Waals surface area contributed by atoms with E-state index in [1.54, 1.807) is 0 Å². The lowest BCUT2D eigenvalue weighted by Crippen LogP contribution is -2.22. The van der Waals surface area contributed by atoms with E-state index in [1.807, 2.05) is 0 Å².